The van der Waals surface area contributed by atoms with Crippen LogP contribution < -0.4 is 16.0 Å². The number of ether oxygens (including phenoxy) is 2. The molecule has 1 rings (SSSR count). The van der Waals surface area contributed by atoms with Crippen molar-refractivity contribution in [3.8, 4) is 0 Å². The van der Waals surface area contributed by atoms with Crippen LogP contribution in [0, 0.1) is 17.3 Å². The molecule has 11 heteroatoms. The molecule has 0 aromatic heterocycles. The Morgan fingerprint density at radius 3 is 2.23 bits per heavy atom. The second-order valence-corrected chi connectivity index (χ2v) is 12.4. The zero-order chi connectivity index (χ0) is 26.6. The number of carbonyl (C=O) groups is 4. The van der Waals surface area contributed by atoms with E-state index in [4.69, 9.17) is 13.9 Å². The Kier molecular flexibility index (Phi) is 12.7. The maximum atomic E-state index is 12.9. The van der Waals surface area contributed by atoms with Gasteiger partial charge in [-0.2, -0.15) is 0 Å². The second-order valence-electron chi connectivity index (χ2n) is 9.94. The number of β-lactam (4-membered cyclic amide) rings is 1. The number of Topliss-reactive ketones (excluding diaryl/α,β-unsaturated/α-hetero) is 1. The molecule has 0 bridgehead atoms. The minimum atomic E-state index is -1.27. The molecule has 3 amide bonds. The van der Waals surface area contributed by atoms with Crippen LogP contribution in [0.1, 0.15) is 33.6 Å². The molecule has 10 nitrogen and oxygen atoms in total. The van der Waals surface area contributed by atoms with Crippen molar-refractivity contribution in [2.45, 2.75) is 58.8 Å². The van der Waals surface area contributed by atoms with Crippen LogP contribution in [0.25, 0.3) is 0 Å². The van der Waals surface area contributed by atoms with Gasteiger partial charge in [0.15, 0.2) is 9.04 Å². The molecule has 1 fully saturated rings. The van der Waals surface area contributed by atoms with Crippen molar-refractivity contribution in [2.75, 3.05) is 26.4 Å². The van der Waals surface area contributed by atoms with Gasteiger partial charge < -0.3 is 29.9 Å². The average molecular weight is 512 g/mol. The Morgan fingerprint density at radius 1 is 1.11 bits per heavy atom. The molecule has 4 atom stereocenters. The number of rotatable bonds is 15. The Balaban J connectivity index is 2.80. The summed E-state index contributed by atoms with van der Waals surface area (Å²) >= 11 is 0. The molecule has 35 heavy (non-hydrogen) atoms. The van der Waals surface area contributed by atoms with Crippen molar-refractivity contribution < 1.29 is 33.1 Å². The van der Waals surface area contributed by atoms with Gasteiger partial charge in [-0.25, -0.2) is 9.59 Å². The van der Waals surface area contributed by atoms with Gasteiger partial charge >= 0.3 is 12.2 Å². The fourth-order valence-electron chi connectivity index (χ4n) is 3.80. The number of nitrogens with one attached hydrogen (secondary N) is 3. The predicted molar refractivity (Wildman–Crippen MR) is 135 cm³/mol. The van der Waals surface area contributed by atoms with E-state index in [0.29, 0.717) is 6.61 Å². The summed E-state index contributed by atoms with van der Waals surface area (Å²) in [4.78, 5) is 49.2. The Labute approximate surface area is 209 Å². The first-order valence-corrected chi connectivity index (χ1v) is 14.7. The molecule has 0 spiro atoms. The molecule has 1 aliphatic rings. The molecule has 198 valence electrons. The molecule has 0 saturated carbocycles. The molecule has 1 saturated heterocycles. The van der Waals surface area contributed by atoms with Crippen LogP contribution in [0.4, 0.5) is 9.59 Å². The third-order valence-corrected chi connectivity index (χ3v) is 6.48. The van der Waals surface area contributed by atoms with E-state index in [9.17, 15) is 19.2 Å². The molecule has 0 aromatic rings. The first kappa shape index (κ1) is 30.4. The van der Waals surface area contributed by atoms with Crippen LogP contribution in [0.2, 0.25) is 13.1 Å². The highest BCUT2D eigenvalue weighted by Crippen LogP contribution is 2.39. The van der Waals surface area contributed by atoms with Gasteiger partial charge in [0, 0.05) is 32.0 Å². The standard InChI is InChI=1S/C24H41N3O7Si/c1-8-10-32-22(30)25-14-16(26-23(31)33-11-9-2)12-17(28)13-19-20(21(29)27-19)18(24(3,4)5)15-34-35(6)7/h8-9,16,18-20,35H,1-2,10-15H2,3-7H3,(H,25,30)(H,26,31)(H,27,29)/t16-,18-,19-,20+/m1/s1. The highest BCUT2D eigenvalue weighted by atomic mass is 28.3. The lowest BCUT2D eigenvalue weighted by Crippen LogP contribution is -2.64. The highest BCUT2D eigenvalue weighted by molar-refractivity contribution is 6.48. The summed E-state index contributed by atoms with van der Waals surface area (Å²) in [6, 6.07) is -1.03. The monoisotopic (exact) mass is 511 g/mol. The van der Waals surface area contributed by atoms with Crippen LogP contribution in [-0.4, -0.2) is 71.4 Å². The van der Waals surface area contributed by atoms with E-state index in [1.807, 2.05) is 0 Å². The van der Waals surface area contributed by atoms with E-state index in [-0.39, 0.29) is 67.6 Å². The highest BCUT2D eigenvalue weighted by Gasteiger charge is 2.48. The normalized spacial score (nSPS) is 19.0. The smallest absolute Gasteiger partial charge is 0.407 e. The summed E-state index contributed by atoms with van der Waals surface area (Å²) in [6.45, 7) is 17.8. The molecule has 1 heterocycles. The number of alkyl carbamates (subject to hydrolysis) is 2. The van der Waals surface area contributed by atoms with Crippen LogP contribution in [-0.2, 0) is 23.5 Å². The third-order valence-electron chi connectivity index (χ3n) is 5.62. The van der Waals surface area contributed by atoms with Gasteiger partial charge in [0.25, 0.3) is 0 Å². The van der Waals surface area contributed by atoms with E-state index in [0.717, 1.165) is 0 Å². The zero-order valence-corrected chi connectivity index (χ0v) is 22.7. The number of ketones is 1. The van der Waals surface area contributed by atoms with E-state index < -0.39 is 27.3 Å². The van der Waals surface area contributed by atoms with Crippen molar-refractivity contribution in [1.82, 2.24) is 16.0 Å². The van der Waals surface area contributed by atoms with Crippen molar-refractivity contribution in [3.05, 3.63) is 25.3 Å². The first-order chi connectivity index (χ1) is 16.4. The van der Waals surface area contributed by atoms with Crippen LogP contribution in [0.3, 0.4) is 0 Å². The van der Waals surface area contributed by atoms with Crippen LogP contribution in [0.15, 0.2) is 25.3 Å². The summed E-state index contributed by atoms with van der Waals surface area (Å²) in [5.41, 5.74) is -0.179. The van der Waals surface area contributed by atoms with E-state index in [1.165, 1.54) is 12.2 Å². The van der Waals surface area contributed by atoms with Gasteiger partial charge in [0.05, 0.1) is 12.0 Å². The van der Waals surface area contributed by atoms with E-state index in [1.54, 1.807) is 0 Å². The SMILES string of the molecule is C=CCOC(=O)NC[C@@H](CC(=O)C[C@H]1NC(=O)[C@H]1[C@@H](CO[SiH](C)C)C(C)(C)C)NC(=O)OCC=C. The second kappa shape index (κ2) is 14.7. The van der Waals surface area contributed by atoms with Gasteiger partial charge in [-0.3, -0.25) is 9.59 Å². The molecule has 3 N–H and O–H groups in total. The van der Waals surface area contributed by atoms with Crippen LogP contribution >= 0.6 is 0 Å². The molecule has 0 radical (unpaired) electrons. The molecular weight excluding hydrogens is 470 g/mol. The number of hydrogen-bond acceptors (Lipinski definition) is 7. The molecule has 1 aliphatic heterocycles. The predicted octanol–water partition coefficient (Wildman–Crippen LogP) is 2.31. The molecule has 0 unspecified atom stereocenters. The number of carbonyl (C=O) groups excluding carboxylic acids is 4. The number of hydrogen-bond donors (Lipinski definition) is 3. The largest absolute Gasteiger partial charge is 0.445 e. The fourth-order valence-corrected chi connectivity index (χ4v) is 4.39. The molecule has 0 aliphatic carbocycles. The van der Waals surface area contributed by atoms with Gasteiger partial charge in [0.1, 0.15) is 19.0 Å². The Hall–Kier alpha value is -2.66. The Morgan fingerprint density at radius 2 is 1.71 bits per heavy atom. The summed E-state index contributed by atoms with van der Waals surface area (Å²) in [6.07, 6.45) is 1.47. The topological polar surface area (TPSA) is 132 Å². The van der Waals surface area contributed by atoms with Crippen molar-refractivity contribution in [2.24, 2.45) is 17.3 Å². The maximum Gasteiger partial charge on any atom is 0.407 e. The number of amides is 3. The van der Waals surface area contributed by atoms with Crippen molar-refractivity contribution in [1.29, 1.82) is 0 Å². The van der Waals surface area contributed by atoms with E-state index >= 15 is 0 Å². The van der Waals surface area contributed by atoms with Gasteiger partial charge in [-0.05, 0) is 24.4 Å². The lowest BCUT2D eigenvalue weighted by Gasteiger charge is -2.46. The summed E-state index contributed by atoms with van der Waals surface area (Å²) in [5.74, 6) is -0.608. The minimum Gasteiger partial charge on any atom is -0.445 e. The fraction of sp³-hybridized carbons (Fsp3) is 0.667. The Bertz CT molecular complexity index is 767. The minimum absolute atomic E-state index is 0.00654. The third kappa shape index (κ3) is 11.1. The first-order valence-electron chi connectivity index (χ1n) is 11.9. The lowest BCUT2D eigenvalue weighted by atomic mass is 9.66. The molecular formula is C24H41N3O7Si. The lowest BCUT2D eigenvalue weighted by molar-refractivity contribution is -0.143. The van der Waals surface area contributed by atoms with Crippen LogP contribution in [0.5, 0.6) is 0 Å². The average Bonchev–Trinajstić information content (AvgIpc) is 2.75. The van der Waals surface area contributed by atoms with Crippen molar-refractivity contribution in [3.63, 3.8) is 0 Å². The van der Waals surface area contributed by atoms with E-state index in [2.05, 4.69) is 63.0 Å². The summed E-state index contributed by atoms with van der Waals surface area (Å²) in [5, 5.41) is 7.95. The van der Waals surface area contributed by atoms with Crippen molar-refractivity contribution >= 4 is 32.9 Å². The van der Waals surface area contributed by atoms with Gasteiger partial charge in [0.2, 0.25) is 5.91 Å². The summed E-state index contributed by atoms with van der Waals surface area (Å²) in [7, 11) is -1.27. The molecule has 0 aromatic carbocycles. The van der Waals surface area contributed by atoms with Gasteiger partial charge in [-0.1, -0.05) is 46.1 Å². The quantitative estimate of drug-likeness (QED) is 0.175. The zero-order valence-electron chi connectivity index (χ0n) is 21.6. The maximum absolute atomic E-state index is 12.9. The summed E-state index contributed by atoms with van der Waals surface area (Å²) < 4.78 is 15.8. The van der Waals surface area contributed by atoms with Gasteiger partial charge in [-0.15, -0.1) is 0 Å².